The van der Waals surface area contributed by atoms with Crippen molar-refractivity contribution in [3.8, 4) is 17.6 Å². The largest absolute Gasteiger partial charge is 0.493 e. The van der Waals surface area contributed by atoms with Gasteiger partial charge in [0.1, 0.15) is 17.3 Å². The van der Waals surface area contributed by atoms with Crippen LogP contribution in [0.1, 0.15) is 21.7 Å². The molecule has 0 saturated carbocycles. The first-order chi connectivity index (χ1) is 12.8. The summed E-state index contributed by atoms with van der Waals surface area (Å²) in [5.74, 6) is -1.32. The van der Waals surface area contributed by atoms with Crippen molar-refractivity contribution in [1.82, 2.24) is 9.97 Å². The highest BCUT2D eigenvalue weighted by molar-refractivity contribution is 5.96. The number of nitrogens with two attached hydrogens (primary N) is 1. The van der Waals surface area contributed by atoms with Gasteiger partial charge in [-0.1, -0.05) is 0 Å². The molecule has 27 heavy (non-hydrogen) atoms. The highest BCUT2D eigenvalue weighted by Gasteiger charge is 2.23. The molecule has 3 N–H and O–H groups in total. The van der Waals surface area contributed by atoms with Gasteiger partial charge in [-0.15, -0.1) is 0 Å². The van der Waals surface area contributed by atoms with E-state index < -0.39 is 16.6 Å². The second-order valence-corrected chi connectivity index (χ2v) is 4.98. The average molecular weight is 371 g/mol. The van der Waals surface area contributed by atoms with Gasteiger partial charge in [-0.25, -0.2) is 9.78 Å². The van der Waals surface area contributed by atoms with Crippen molar-refractivity contribution in [2.45, 2.75) is 0 Å². The third-order valence-electron chi connectivity index (χ3n) is 3.48. The highest BCUT2D eigenvalue weighted by atomic mass is 16.6. The SMILES string of the molecule is COc1cc(C(N)=C(C#N)c2cnc(C(=O)O)cn2)cc([N+](=O)[O-])c1OC. The molecule has 2 rings (SSSR count). The number of nitrogens with zero attached hydrogens (tertiary/aromatic N) is 4. The van der Waals surface area contributed by atoms with Crippen LogP contribution in [-0.2, 0) is 0 Å². The lowest BCUT2D eigenvalue weighted by atomic mass is 10.0. The van der Waals surface area contributed by atoms with E-state index in [-0.39, 0.29) is 39.7 Å². The minimum atomic E-state index is -1.28. The van der Waals surface area contributed by atoms with Gasteiger partial charge in [-0.2, -0.15) is 5.26 Å². The summed E-state index contributed by atoms with van der Waals surface area (Å²) in [7, 11) is 2.55. The number of nitro benzene ring substituents is 1. The maximum Gasteiger partial charge on any atom is 0.356 e. The van der Waals surface area contributed by atoms with Crippen molar-refractivity contribution >= 4 is 22.9 Å². The third kappa shape index (κ3) is 3.74. The molecule has 0 radical (unpaired) electrons. The van der Waals surface area contributed by atoms with E-state index in [4.69, 9.17) is 20.3 Å². The van der Waals surface area contributed by atoms with Crippen LogP contribution in [0.4, 0.5) is 5.69 Å². The number of hydrogen-bond donors (Lipinski definition) is 2. The van der Waals surface area contributed by atoms with Crippen molar-refractivity contribution in [3.63, 3.8) is 0 Å². The minimum absolute atomic E-state index is 0.0115. The lowest BCUT2D eigenvalue weighted by Gasteiger charge is -2.11. The predicted octanol–water partition coefficient (Wildman–Crippen LogP) is 1.45. The first kappa shape index (κ1) is 19.1. The van der Waals surface area contributed by atoms with Crippen molar-refractivity contribution in [3.05, 3.63) is 51.6 Å². The van der Waals surface area contributed by atoms with Gasteiger partial charge in [0.2, 0.25) is 5.75 Å². The zero-order valence-electron chi connectivity index (χ0n) is 14.2. The van der Waals surface area contributed by atoms with Gasteiger partial charge in [0, 0.05) is 11.6 Å². The lowest BCUT2D eigenvalue weighted by Crippen LogP contribution is -2.06. The van der Waals surface area contributed by atoms with Crippen LogP contribution in [-0.4, -0.2) is 40.2 Å². The number of nitriles is 1. The van der Waals surface area contributed by atoms with Gasteiger partial charge < -0.3 is 20.3 Å². The number of benzene rings is 1. The van der Waals surface area contributed by atoms with Crippen LogP contribution >= 0.6 is 0 Å². The smallest absolute Gasteiger partial charge is 0.356 e. The van der Waals surface area contributed by atoms with Gasteiger partial charge in [0.25, 0.3) is 0 Å². The van der Waals surface area contributed by atoms with E-state index in [0.29, 0.717) is 0 Å². The number of rotatable bonds is 6. The van der Waals surface area contributed by atoms with Gasteiger partial charge in [-0.05, 0) is 6.07 Å². The molecule has 0 amide bonds. The number of carboxylic acid groups (broad SMARTS) is 1. The van der Waals surface area contributed by atoms with E-state index in [1.165, 1.54) is 20.3 Å². The fraction of sp³-hybridized carbons (Fsp3) is 0.125. The summed E-state index contributed by atoms with van der Waals surface area (Å²) in [6.07, 6.45) is 2.05. The molecule has 11 heteroatoms. The first-order valence-corrected chi connectivity index (χ1v) is 7.20. The molecule has 1 aromatic carbocycles. The van der Waals surface area contributed by atoms with Crippen molar-refractivity contribution in [2.24, 2.45) is 5.73 Å². The number of methoxy groups -OCH3 is 2. The number of nitro groups is 1. The van der Waals surface area contributed by atoms with Crippen LogP contribution in [0, 0.1) is 21.4 Å². The molecule has 0 spiro atoms. The Morgan fingerprint density at radius 3 is 2.33 bits per heavy atom. The summed E-state index contributed by atoms with van der Waals surface area (Å²) in [5.41, 5.74) is 5.18. The van der Waals surface area contributed by atoms with Crippen LogP contribution in [0.2, 0.25) is 0 Å². The molecule has 138 valence electrons. The lowest BCUT2D eigenvalue weighted by molar-refractivity contribution is -0.385. The Kier molecular flexibility index (Phi) is 5.52. The van der Waals surface area contributed by atoms with E-state index in [9.17, 15) is 20.2 Å². The first-order valence-electron chi connectivity index (χ1n) is 7.20. The Bertz CT molecular complexity index is 978. The molecule has 1 aromatic heterocycles. The number of allylic oxidation sites excluding steroid dienone is 1. The fourth-order valence-corrected chi connectivity index (χ4v) is 2.20. The molecule has 0 saturated heterocycles. The number of ether oxygens (including phenoxy) is 2. The molecule has 0 aliphatic rings. The zero-order chi connectivity index (χ0) is 20.1. The van der Waals surface area contributed by atoms with Crippen LogP contribution in [0.25, 0.3) is 11.3 Å². The molecule has 0 atom stereocenters. The summed E-state index contributed by atoms with van der Waals surface area (Å²) in [5, 5.41) is 29.6. The van der Waals surface area contributed by atoms with Gasteiger partial charge in [0.05, 0.1) is 37.2 Å². The maximum atomic E-state index is 11.3. The number of carbonyl (C=O) groups is 1. The Labute approximate surface area is 152 Å². The Morgan fingerprint density at radius 2 is 1.89 bits per heavy atom. The molecule has 0 aliphatic carbocycles. The highest BCUT2D eigenvalue weighted by Crippen LogP contribution is 2.39. The Hall–Kier alpha value is -4.20. The normalized spacial score (nSPS) is 11.1. The van der Waals surface area contributed by atoms with Gasteiger partial charge >= 0.3 is 11.7 Å². The second kappa shape index (κ2) is 7.79. The van der Waals surface area contributed by atoms with E-state index in [1.54, 1.807) is 0 Å². The van der Waals surface area contributed by atoms with Crippen molar-refractivity contribution in [1.29, 1.82) is 5.26 Å². The third-order valence-corrected chi connectivity index (χ3v) is 3.48. The summed E-state index contributed by atoms with van der Waals surface area (Å²) >= 11 is 0. The van der Waals surface area contributed by atoms with Crippen LogP contribution < -0.4 is 15.2 Å². The van der Waals surface area contributed by atoms with Crippen LogP contribution in [0.15, 0.2) is 24.5 Å². The van der Waals surface area contributed by atoms with Crippen molar-refractivity contribution in [2.75, 3.05) is 14.2 Å². The van der Waals surface area contributed by atoms with E-state index in [2.05, 4.69) is 9.97 Å². The summed E-state index contributed by atoms with van der Waals surface area (Å²) in [6, 6.07) is 4.35. The van der Waals surface area contributed by atoms with E-state index in [1.807, 2.05) is 6.07 Å². The number of carboxylic acids is 1. The van der Waals surface area contributed by atoms with Gasteiger partial charge in [-0.3, -0.25) is 15.1 Å². The molecule has 1 heterocycles. The number of aromatic carboxylic acids is 1. The molecular weight excluding hydrogens is 358 g/mol. The molecule has 0 unspecified atom stereocenters. The van der Waals surface area contributed by atoms with E-state index >= 15 is 0 Å². The molecule has 2 aromatic rings. The maximum absolute atomic E-state index is 11.3. The van der Waals surface area contributed by atoms with Gasteiger partial charge in [0.15, 0.2) is 11.4 Å². The standard InChI is InChI=1S/C16H13N5O6/c1-26-13-4-8(3-12(21(24)25)15(13)27-2)14(18)9(5-17)10-6-20-11(7-19-10)16(22)23/h3-4,6-7H,18H2,1-2H3,(H,22,23). The minimum Gasteiger partial charge on any atom is -0.493 e. The summed E-state index contributed by atoms with van der Waals surface area (Å²) in [4.78, 5) is 29.0. The monoisotopic (exact) mass is 371 g/mol. The quantitative estimate of drug-likeness (QED) is 0.429. The topological polar surface area (TPSA) is 174 Å². The predicted molar refractivity (Wildman–Crippen MR) is 91.8 cm³/mol. The van der Waals surface area contributed by atoms with Crippen molar-refractivity contribution < 1.29 is 24.3 Å². The Morgan fingerprint density at radius 1 is 1.26 bits per heavy atom. The molecule has 0 aliphatic heterocycles. The number of hydrogen-bond acceptors (Lipinski definition) is 9. The Balaban J connectivity index is 2.66. The zero-order valence-corrected chi connectivity index (χ0v) is 14.2. The summed E-state index contributed by atoms with van der Waals surface area (Å²) < 4.78 is 10.1. The molecule has 0 fully saturated rings. The van der Waals surface area contributed by atoms with E-state index in [0.717, 1.165) is 18.5 Å². The van der Waals surface area contributed by atoms with Crippen LogP contribution in [0.5, 0.6) is 11.5 Å². The average Bonchev–Trinajstić information content (AvgIpc) is 2.67. The number of aromatic nitrogens is 2. The molecular formula is C16H13N5O6. The fourth-order valence-electron chi connectivity index (χ4n) is 2.20. The molecule has 0 bridgehead atoms. The second-order valence-electron chi connectivity index (χ2n) is 4.98. The molecule has 11 nitrogen and oxygen atoms in total. The van der Waals surface area contributed by atoms with Crippen LogP contribution in [0.3, 0.4) is 0 Å². The summed E-state index contributed by atoms with van der Waals surface area (Å²) in [6.45, 7) is 0.